The van der Waals surface area contributed by atoms with Gasteiger partial charge in [0, 0.05) is 6.54 Å². The first kappa shape index (κ1) is 10.5. The molecule has 1 aliphatic rings. The largest absolute Gasteiger partial charge is 0.508 e. The lowest BCUT2D eigenvalue weighted by atomic mass is 9.86. The van der Waals surface area contributed by atoms with Gasteiger partial charge in [-0.15, -0.1) is 0 Å². The van der Waals surface area contributed by atoms with E-state index in [0.29, 0.717) is 11.7 Å². The summed E-state index contributed by atoms with van der Waals surface area (Å²) in [5.41, 5.74) is 3.88. The molecule has 1 saturated heterocycles. The summed E-state index contributed by atoms with van der Waals surface area (Å²) in [5, 5.41) is 12.9. The average Bonchev–Trinajstić information content (AvgIpc) is 2.17. The van der Waals surface area contributed by atoms with Gasteiger partial charge in [-0.25, -0.2) is 0 Å². The number of benzene rings is 1. The molecular formula is C13H19NO. The summed E-state index contributed by atoms with van der Waals surface area (Å²) in [4.78, 5) is 0. The number of aryl methyl sites for hydroxylation is 2. The highest BCUT2D eigenvalue weighted by molar-refractivity contribution is 5.42. The van der Waals surface area contributed by atoms with Crippen LogP contribution in [0.3, 0.4) is 0 Å². The Balaban J connectivity index is 2.33. The van der Waals surface area contributed by atoms with E-state index >= 15 is 0 Å². The SMILES string of the molecule is Cc1cc(O)cc(C)c1C1CCCNC1. The van der Waals surface area contributed by atoms with Crippen LogP contribution < -0.4 is 5.32 Å². The molecule has 0 spiro atoms. The minimum Gasteiger partial charge on any atom is -0.508 e. The van der Waals surface area contributed by atoms with Crippen LogP contribution in [0.15, 0.2) is 12.1 Å². The van der Waals surface area contributed by atoms with Gasteiger partial charge in [0.05, 0.1) is 0 Å². The first-order valence-electron chi connectivity index (χ1n) is 5.69. The summed E-state index contributed by atoms with van der Waals surface area (Å²) in [6.07, 6.45) is 2.52. The maximum absolute atomic E-state index is 9.50. The molecule has 82 valence electrons. The van der Waals surface area contributed by atoms with Gasteiger partial charge in [0.25, 0.3) is 0 Å². The fourth-order valence-corrected chi connectivity index (χ4v) is 2.69. The molecule has 1 fully saturated rings. The molecule has 0 aromatic heterocycles. The quantitative estimate of drug-likeness (QED) is 0.738. The number of piperidine rings is 1. The molecule has 2 heteroatoms. The predicted molar refractivity (Wildman–Crippen MR) is 62.4 cm³/mol. The van der Waals surface area contributed by atoms with Crippen LogP contribution in [0.5, 0.6) is 5.75 Å². The standard InChI is InChI=1S/C13H19NO/c1-9-6-12(15)7-10(2)13(9)11-4-3-5-14-8-11/h6-7,11,14-15H,3-5,8H2,1-2H3. The first-order chi connectivity index (χ1) is 7.18. The van der Waals surface area contributed by atoms with E-state index in [1.54, 1.807) is 0 Å². The zero-order valence-corrected chi connectivity index (χ0v) is 9.51. The fraction of sp³-hybridized carbons (Fsp3) is 0.538. The zero-order chi connectivity index (χ0) is 10.8. The second-order valence-corrected chi connectivity index (χ2v) is 4.54. The van der Waals surface area contributed by atoms with E-state index in [0.717, 1.165) is 13.1 Å². The van der Waals surface area contributed by atoms with Crippen molar-refractivity contribution in [3.05, 3.63) is 28.8 Å². The van der Waals surface area contributed by atoms with Crippen LogP contribution in [0.1, 0.15) is 35.4 Å². The van der Waals surface area contributed by atoms with Crippen LogP contribution in [0.2, 0.25) is 0 Å². The number of nitrogens with one attached hydrogen (secondary N) is 1. The third-order valence-electron chi connectivity index (χ3n) is 3.28. The summed E-state index contributed by atoms with van der Waals surface area (Å²) < 4.78 is 0. The molecular weight excluding hydrogens is 186 g/mol. The van der Waals surface area contributed by atoms with E-state index < -0.39 is 0 Å². The monoisotopic (exact) mass is 205 g/mol. The molecule has 1 aromatic carbocycles. The highest BCUT2D eigenvalue weighted by atomic mass is 16.3. The summed E-state index contributed by atoms with van der Waals surface area (Å²) in [6, 6.07) is 3.74. The highest BCUT2D eigenvalue weighted by Gasteiger charge is 2.19. The minimum atomic E-state index is 0.387. The van der Waals surface area contributed by atoms with Gasteiger partial charge in [-0.3, -0.25) is 0 Å². The molecule has 2 N–H and O–H groups in total. The Bertz CT molecular complexity index is 331. The molecule has 1 atom stereocenters. The maximum Gasteiger partial charge on any atom is 0.116 e. The number of aromatic hydroxyl groups is 1. The molecule has 0 aliphatic carbocycles. The Morgan fingerprint density at radius 3 is 2.47 bits per heavy atom. The maximum atomic E-state index is 9.50. The topological polar surface area (TPSA) is 32.3 Å². The van der Waals surface area contributed by atoms with Crippen molar-refractivity contribution in [2.75, 3.05) is 13.1 Å². The number of phenols is 1. The minimum absolute atomic E-state index is 0.387. The average molecular weight is 205 g/mol. The molecule has 1 aliphatic heterocycles. The third kappa shape index (κ3) is 2.15. The van der Waals surface area contributed by atoms with Gasteiger partial charge >= 0.3 is 0 Å². The van der Waals surface area contributed by atoms with Crippen molar-refractivity contribution < 1.29 is 5.11 Å². The fourth-order valence-electron chi connectivity index (χ4n) is 2.69. The lowest BCUT2D eigenvalue weighted by Gasteiger charge is -2.26. The molecule has 0 saturated carbocycles. The lowest BCUT2D eigenvalue weighted by Crippen LogP contribution is -2.29. The lowest BCUT2D eigenvalue weighted by molar-refractivity contribution is 0.454. The summed E-state index contributed by atoms with van der Waals surface area (Å²) >= 11 is 0. The van der Waals surface area contributed by atoms with Gasteiger partial charge in [0.1, 0.15) is 5.75 Å². The van der Waals surface area contributed by atoms with Crippen LogP contribution in [0.4, 0.5) is 0 Å². The predicted octanol–water partition coefficient (Wildman–Crippen LogP) is 2.48. The van der Waals surface area contributed by atoms with E-state index in [4.69, 9.17) is 0 Å². The highest BCUT2D eigenvalue weighted by Crippen LogP contribution is 2.31. The van der Waals surface area contributed by atoms with Crippen LogP contribution in [0.25, 0.3) is 0 Å². The van der Waals surface area contributed by atoms with Crippen molar-refractivity contribution in [2.24, 2.45) is 0 Å². The van der Waals surface area contributed by atoms with Crippen LogP contribution >= 0.6 is 0 Å². The second-order valence-electron chi connectivity index (χ2n) is 4.54. The number of hydrogen-bond acceptors (Lipinski definition) is 2. The molecule has 1 heterocycles. The molecule has 0 bridgehead atoms. The normalized spacial score (nSPS) is 21.6. The van der Waals surface area contributed by atoms with Gasteiger partial charge in [0.2, 0.25) is 0 Å². The van der Waals surface area contributed by atoms with Crippen LogP contribution in [0, 0.1) is 13.8 Å². The second kappa shape index (κ2) is 4.23. The van der Waals surface area contributed by atoms with Crippen molar-refractivity contribution >= 4 is 0 Å². The Labute approximate surface area is 91.3 Å². The van der Waals surface area contributed by atoms with Gasteiger partial charge in [-0.1, -0.05) is 0 Å². The Morgan fingerprint density at radius 2 is 1.93 bits per heavy atom. The number of rotatable bonds is 1. The van der Waals surface area contributed by atoms with Crippen molar-refractivity contribution in [3.8, 4) is 5.75 Å². The molecule has 1 unspecified atom stereocenters. The van der Waals surface area contributed by atoms with Crippen molar-refractivity contribution in [1.82, 2.24) is 5.32 Å². The van der Waals surface area contributed by atoms with E-state index in [-0.39, 0.29) is 0 Å². The van der Waals surface area contributed by atoms with Crippen LogP contribution in [-0.4, -0.2) is 18.2 Å². The number of phenolic OH excluding ortho intramolecular Hbond substituents is 1. The summed E-state index contributed by atoms with van der Waals surface area (Å²) in [6.45, 7) is 6.41. The summed E-state index contributed by atoms with van der Waals surface area (Å²) in [5.74, 6) is 1.01. The molecule has 0 amide bonds. The Hall–Kier alpha value is -1.02. The smallest absolute Gasteiger partial charge is 0.116 e. The van der Waals surface area contributed by atoms with Crippen molar-refractivity contribution in [2.45, 2.75) is 32.6 Å². The van der Waals surface area contributed by atoms with E-state index in [1.165, 1.54) is 29.5 Å². The Kier molecular flexibility index (Phi) is 2.96. The summed E-state index contributed by atoms with van der Waals surface area (Å²) in [7, 11) is 0. The molecule has 15 heavy (non-hydrogen) atoms. The van der Waals surface area contributed by atoms with E-state index in [1.807, 2.05) is 12.1 Å². The zero-order valence-electron chi connectivity index (χ0n) is 9.51. The molecule has 2 nitrogen and oxygen atoms in total. The first-order valence-corrected chi connectivity index (χ1v) is 5.69. The van der Waals surface area contributed by atoms with Crippen molar-refractivity contribution in [1.29, 1.82) is 0 Å². The molecule has 1 aromatic rings. The molecule has 2 rings (SSSR count). The van der Waals surface area contributed by atoms with E-state index in [9.17, 15) is 5.11 Å². The number of hydrogen-bond donors (Lipinski definition) is 2. The third-order valence-corrected chi connectivity index (χ3v) is 3.28. The van der Waals surface area contributed by atoms with Gasteiger partial charge in [-0.05, 0) is 68.0 Å². The van der Waals surface area contributed by atoms with Crippen molar-refractivity contribution in [3.63, 3.8) is 0 Å². The molecule has 0 radical (unpaired) electrons. The van der Waals surface area contributed by atoms with Gasteiger partial charge in [0.15, 0.2) is 0 Å². The van der Waals surface area contributed by atoms with Crippen LogP contribution in [-0.2, 0) is 0 Å². The Morgan fingerprint density at radius 1 is 1.27 bits per heavy atom. The van der Waals surface area contributed by atoms with Gasteiger partial charge in [-0.2, -0.15) is 0 Å². The van der Waals surface area contributed by atoms with Gasteiger partial charge < -0.3 is 10.4 Å². The van der Waals surface area contributed by atoms with E-state index in [2.05, 4.69) is 19.2 Å².